The predicted octanol–water partition coefficient (Wildman–Crippen LogP) is 4.61. The molecule has 0 aromatic carbocycles. The molecule has 0 aliphatic heterocycles. The summed E-state index contributed by atoms with van der Waals surface area (Å²) in [5.74, 6) is 1.07. The van der Waals surface area contributed by atoms with E-state index < -0.39 is 5.97 Å². The van der Waals surface area contributed by atoms with E-state index in [4.69, 9.17) is 0 Å². The third-order valence-corrected chi connectivity index (χ3v) is 8.32. The molecule has 0 spiro atoms. The molecule has 3 nitrogen and oxygen atoms in total. The van der Waals surface area contributed by atoms with Crippen molar-refractivity contribution in [2.75, 3.05) is 0 Å². The highest BCUT2D eigenvalue weighted by atomic mass is 16.4. The van der Waals surface area contributed by atoms with Gasteiger partial charge in [-0.2, -0.15) is 0 Å². The quantitative estimate of drug-likeness (QED) is 0.752. The van der Waals surface area contributed by atoms with Crippen LogP contribution in [-0.2, 0) is 9.59 Å². The summed E-state index contributed by atoms with van der Waals surface area (Å²) in [7, 11) is 0. The zero-order chi connectivity index (χ0) is 17.1. The van der Waals surface area contributed by atoms with E-state index in [1.165, 1.54) is 19.3 Å². The molecule has 0 radical (unpaired) electrons. The Bertz CT molecular complexity index is 606. The fourth-order valence-electron chi connectivity index (χ4n) is 7.17. The summed E-state index contributed by atoms with van der Waals surface area (Å²) < 4.78 is 0. The number of rotatable bonds is 2. The summed E-state index contributed by atoms with van der Waals surface area (Å²) in [6, 6.07) is 0. The average molecular weight is 330 g/mol. The van der Waals surface area contributed by atoms with Crippen LogP contribution in [0, 0.1) is 34.5 Å². The first-order valence-electron chi connectivity index (χ1n) is 9.80. The number of carboxylic acids is 1. The second-order valence-electron chi connectivity index (χ2n) is 9.36. The lowest BCUT2D eigenvalue weighted by atomic mass is 9.47. The Morgan fingerprint density at radius 1 is 1.29 bits per heavy atom. The van der Waals surface area contributed by atoms with Crippen LogP contribution in [0.15, 0.2) is 11.6 Å². The number of carboxylic acid groups (broad SMARTS) is 1. The highest BCUT2D eigenvalue weighted by Crippen LogP contribution is 2.65. The molecule has 4 aliphatic carbocycles. The largest absolute Gasteiger partial charge is 0.481 e. The van der Waals surface area contributed by atoms with Crippen molar-refractivity contribution in [3.8, 4) is 0 Å². The van der Waals surface area contributed by atoms with Gasteiger partial charge in [0.25, 0.3) is 0 Å². The van der Waals surface area contributed by atoms with Crippen LogP contribution in [0.3, 0.4) is 0 Å². The molecule has 0 amide bonds. The van der Waals surface area contributed by atoms with Crippen molar-refractivity contribution in [3.05, 3.63) is 11.6 Å². The van der Waals surface area contributed by atoms with Crippen LogP contribution in [0.5, 0.6) is 0 Å². The van der Waals surface area contributed by atoms with E-state index in [0.29, 0.717) is 24.0 Å². The number of allylic oxidation sites excluding steroid dienone is 2. The van der Waals surface area contributed by atoms with E-state index in [0.717, 1.165) is 25.7 Å². The van der Waals surface area contributed by atoms with Crippen LogP contribution < -0.4 is 0 Å². The van der Waals surface area contributed by atoms with Crippen LogP contribution in [0.1, 0.15) is 71.6 Å². The SMILES string of the molecule is C[C@]12CC(=O)[C@H]3[C@@H](CC=C4CCCC[C@@]43C)[C@@H]1CC[C@@H]2CC(=O)O. The van der Waals surface area contributed by atoms with Gasteiger partial charge in [0.05, 0.1) is 0 Å². The first kappa shape index (κ1) is 16.4. The summed E-state index contributed by atoms with van der Waals surface area (Å²) >= 11 is 0. The number of carbonyl (C=O) groups excluding carboxylic acids is 1. The van der Waals surface area contributed by atoms with Gasteiger partial charge in [-0.25, -0.2) is 0 Å². The number of hydrogen-bond donors (Lipinski definition) is 1. The van der Waals surface area contributed by atoms with Crippen molar-refractivity contribution in [1.29, 1.82) is 0 Å². The minimum atomic E-state index is -0.707. The molecule has 24 heavy (non-hydrogen) atoms. The van der Waals surface area contributed by atoms with Gasteiger partial charge in [0.2, 0.25) is 0 Å². The summed E-state index contributed by atoms with van der Waals surface area (Å²) in [6.07, 6.45) is 11.3. The van der Waals surface area contributed by atoms with Gasteiger partial charge in [0.1, 0.15) is 5.78 Å². The second kappa shape index (κ2) is 5.44. The number of Topliss-reactive ketones (excluding diaryl/α,β-unsaturated/α-hetero) is 1. The Morgan fingerprint density at radius 3 is 2.83 bits per heavy atom. The van der Waals surface area contributed by atoms with Crippen LogP contribution in [0.4, 0.5) is 0 Å². The van der Waals surface area contributed by atoms with Gasteiger partial charge in [0.15, 0.2) is 0 Å². The number of ketones is 1. The maximum absolute atomic E-state index is 13.3. The molecule has 0 bridgehead atoms. The van der Waals surface area contributed by atoms with Gasteiger partial charge in [-0.3, -0.25) is 9.59 Å². The summed E-state index contributed by atoms with van der Waals surface area (Å²) in [5, 5.41) is 9.28. The fraction of sp³-hybridized carbons (Fsp3) is 0.810. The predicted molar refractivity (Wildman–Crippen MR) is 92.5 cm³/mol. The molecule has 0 aromatic rings. The number of hydrogen-bond acceptors (Lipinski definition) is 2. The molecule has 3 fully saturated rings. The first-order chi connectivity index (χ1) is 11.4. The van der Waals surface area contributed by atoms with Gasteiger partial charge in [-0.15, -0.1) is 0 Å². The van der Waals surface area contributed by atoms with Crippen LogP contribution >= 0.6 is 0 Å². The molecule has 132 valence electrons. The number of fused-ring (bicyclic) bond motifs is 5. The molecule has 6 atom stereocenters. The molecule has 3 saturated carbocycles. The maximum atomic E-state index is 13.3. The topological polar surface area (TPSA) is 54.4 Å². The van der Waals surface area contributed by atoms with E-state index in [1.807, 2.05) is 0 Å². The van der Waals surface area contributed by atoms with Gasteiger partial charge in [-0.1, -0.05) is 31.9 Å². The van der Waals surface area contributed by atoms with E-state index in [9.17, 15) is 14.7 Å². The summed E-state index contributed by atoms with van der Waals surface area (Å²) in [4.78, 5) is 24.6. The Morgan fingerprint density at radius 2 is 2.08 bits per heavy atom. The fourth-order valence-corrected chi connectivity index (χ4v) is 7.17. The van der Waals surface area contributed by atoms with Crippen molar-refractivity contribution in [1.82, 2.24) is 0 Å². The molecule has 0 unspecified atom stereocenters. The van der Waals surface area contributed by atoms with E-state index >= 15 is 0 Å². The van der Waals surface area contributed by atoms with Gasteiger partial charge in [0, 0.05) is 18.8 Å². The Hall–Kier alpha value is -1.12. The van der Waals surface area contributed by atoms with Gasteiger partial charge in [-0.05, 0) is 67.1 Å². The summed E-state index contributed by atoms with van der Waals surface area (Å²) in [5.41, 5.74) is 1.55. The monoisotopic (exact) mass is 330 g/mol. The zero-order valence-corrected chi connectivity index (χ0v) is 15.0. The van der Waals surface area contributed by atoms with Crippen LogP contribution in [0.2, 0.25) is 0 Å². The first-order valence-corrected chi connectivity index (χ1v) is 9.80. The minimum Gasteiger partial charge on any atom is -0.481 e. The van der Waals surface area contributed by atoms with Crippen molar-refractivity contribution < 1.29 is 14.7 Å². The van der Waals surface area contributed by atoms with Crippen LogP contribution in [0.25, 0.3) is 0 Å². The third-order valence-electron chi connectivity index (χ3n) is 8.32. The molecule has 0 saturated heterocycles. The number of aliphatic carboxylic acids is 1. The van der Waals surface area contributed by atoms with E-state index in [-0.39, 0.29) is 29.1 Å². The maximum Gasteiger partial charge on any atom is 0.303 e. The Labute approximate surface area is 144 Å². The molecular weight excluding hydrogens is 300 g/mol. The van der Waals surface area contributed by atoms with Gasteiger partial charge >= 0.3 is 5.97 Å². The highest BCUT2D eigenvalue weighted by molar-refractivity contribution is 5.85. The Kier molecular flexibility index (Phi) is 3.71. The standard InChI is InChI=1S/C21H30O3/c1-20-10-4-3-5-13(20)6-8-15-16-9-7-14(11-18(23)24)21(16,2)12-17(22)19(15)20/h6,14-16,19H,3-5,7-12H2,1-2H3,(H,23,24)/t14-,15+,16+,19-,20+,21-/m1/s1. The summed E-state index contributed by atoms with van der Waals surface area (Å²) in [6.45, 7) is 4.56. The molecular formula is C21H30O3. The lowest BCUT2D eigenvalue weighted by molar-refractivity contribution is -0.147. The normalized spacial score (nSPS) is 47.4. The van der Waals surface area contributed by atoms with Crippen molar-refractivity contribution in [3.63, 3.8) is 0 Å². The molecule has 4 rings (SSSR count). The van der Waals surface area contributed by atoms with E-state index in [1.54, 1.807) is 5.57 Å². The third kappa shape index (κ3) is 2.16. The van der Waals surface area contributed by atoms with E-state index in [2.05, 4.69) is 19.9 Å². The number of carbonyl (C=O) groups is 2. The van der Waals surface area contributed by atoms with Crippen LogP contribution in [-0.4, -0.2) is 16.9 Å². The lowest BCUT2D eigenvalue weighted by Crippen LogP contribution is -2.54. The lowest BCUT2D eigenvalue weighted by Gasteiger charge is -2.56. The Balaban J connectivity index is 1.69. The van der Waals surface area contributed by atoms with Crippen molar-refractivity contribution >= 4 is 11.8 Å². The van der Waals surface area contributed by atoms with Crippen molar-refractivity contribution in [2.24, 2.45) is 34.5 Å². The highest BCUT2D eigenvalue weighted by Gasteiger charge is 2.61. The molecule has 4 aliphatic rings. The second-order valence-corrected chi connectivity index (χ2v) is 9.36. The minimum absolute atomic E-state index is 0.0878. The van der Waals surface area contributed by atoms with Gasteiger partial charge < -0.3 is 5.11 Å². The molecule has 0 heterocycles. The average Bonchev–Trinajstić information content (AvgIpc) is 2.82. The smallest absolute Gasteiger partial charge is 0.303 e. The zero-order valence-electron chi connectivity index (χ0n) is 15.0. The molecule has 0 aromatic heterocycles. The molecule has 3 heteroatoms. The van der Waals surface area contributed by atoms with Crippen molar-refractivity contribution in [2.45, 2.75) is 71.6 Å². The molecule has 1 N–H and O–H groups in total.